The molecule has 0 bridgehead atoms. The summed E-state index contributed by atoms with van der Waals surface area (Å²) in [7, 11) is 1.56. The Morgan fingerprint density at radius 3 is 2.31 bits per heavy atom. The molecule has 0 aliphatic rings. The summed E-state index contributed by atoms with van der Waals surface area (Å²) < 4.78 is 15.8. The third kappa shape index (κ3) is 6.43. The molecule has 0 unspecified atom stereocenters. The summed E-state index contributed by atoms with van der Waals surface area (Å²) in [4.78, 5) is 25.7. The van der Waals surface area contributed by atoms with Crippen LogP contribution in [-0.2, 0) is 14.3 Å². The Balaban J connectivity index is 2.66. The van der Waals surface area contributed by atoms with Gasteiger partial charge in [0.25, 0.3) is 5.91 Å². The normalized spacial score (nSPS) is 11.1. The van der Waals surface area contributed by atoms with E-state index in [0.29, 0.717) is 18.1 Å². The maximum absolute atomic E-state index is 12.2. The van der Waals surface area contributed by atoms with E-state index in [1.807, 2.05) is 40.7 Å². The highest BCUT2D eigenvalue weighted by Crippen LogP contribution is 2.28. The van der Waals surface area contributed by atoms with E-state index in [2.05, 4.69) is 0 Å². The maximum atomic E-state index is 12.2. The van der Waals surface area contributed by atoms with Crippen molar-refractivity contribution in [1.29, 1.82) is 0 Å². The number of hydrogen-bond acceptors (Lipinski definition) is 5. The van der Waals surface area contributed by atoms with Gasteiger partial charge in [0.05, 0.1) is 13.7 Å². The van der Waals surface area contributed by atoms with E-state index in [-0.39, 0.29) is 24.6 Å². The quantitative estimate of drug-likeness (QED) is 0.497. The van der Waals surface area contributed by atoms with Gasteiger partial charge in [-0.2, -0.15) is 0 Å². The van der Waals surface area contributed by atoms with E-state index < -0.39 is 5.97 Å². The Morgan fingerprint density at radius 2 is 1.77 bits per heavy atom. The van der Waals surface area contributed by atoms with E-state index in [4.69, 9.17) is 14.2 Å². The molecule has 144 valence electrons. The number of benzene rings is 1. The van der Waals surface area contributed by atoms with Crippen LogP contribution in [0.2, 0.25) is 0 Å². The van der Waals surface area contributed by atoms with Gasteiger partial charge in [0.2, 0.25) is 0 Å². The SMILES string of the molecule is CCOc1ccc(/C=C/C(=O)OCC(=O)N(C(C)C)C(C)C)cc1OC. The first-order chi connectivity index (χ1) is 12.3. The average Bonchev–Trinajstić information content (AvgIpc) is 2.58. The van der Waals surface area contributed by atoms with Crippen molar-refractivity contribution in [2.75, 3.05) is 20.3 Å². The number of carbonyl (C=O) groups is 2. The second-order valence-corrected chi connectivity index (χ2v) is 6.27. The topological polar surface area (TPSA) is 65.1 Å². The van der Waals surface area contributed by atoms with Crippen LogP contribution in [0, 0.1) is 0 Å². The first kappa shape index (κ1) is 21.5. The number of amides is 1. The van der Waals surface area contributed by atoms with Gasteiger partial charge in [-0.3, -0.25) is 4.79 Å². The number of carbonyl (C=O) groups excluding carboxylic acids is 2. The molecule has 0 atom stereocenters. The molecular weight excluding hydrogens is 334 g/mol. The lowest BCUT2D eigenvalue weighted by Crippen LogP contribution is -2.44. The molecule has 0 aliphatic heterocycles. The summed E-state index contributed by atoms with van der Waals surface area (Å²) >= 11 is 0. The molecular formula is C20H29NO5. The number of rotatable bonds is 9. The third-order valence-corrected chi connectivity index (χ3v) is 3.64. The van der Waals surface area contributed by atoms with E-state index >= 15 is 0 Å². The highest BCUT2D eigenvalue weighted by Gasteiger charge is 2.20. The van der Waals surface area contributed by atoms with Crippen molar-refractivity contribution < 1.29 is 23.8 Å². The van der Waals surface area contributed by atoms with Crippen molar-refractivity contribution in [3.8, 4) is 11.5 Å². The third-order valence-electron chi connectivity index (χ3n) is 3.64. The molecule has 1 aromatic carbocycles. The van der Waals surface area contributed by atoms with Gasteiger partial charge in [-0.1, -0.05) is 6.07 Å². The fourth-order valence-corrected chi connectivity index (χ4v) is 2.65. The average molecular weight is 363 g/mol. The van der Waals surface area contributed by atoms with Crippen molar-refractivity contribution in [1.82, 2.24) is 4.90 Å². The molecule has 0 saturated carbocycles. The van der Waals surface area contributed by atoms with Gasteiger partial charge in [0.15, 0.2) is 18.1 Å². The standard InChI is InChI=1S/C20H29NO5/c1-7-25-17-10-8-16(12-18(17)24-6)9-11-20(23)26-13-19(22)21(14(2)3)15(4)5/h8-12,14-15H,7,13H2,1-6H3/b11-9+. The number of nitrogens with zero attached hydrogens (tertiary/aromatic N) is 1. The lowest BCUT2D eigenvalue weighted by Gasteiger charge is -2.30. The monoisotopic (exact) mass is 363 g/mol. The van der Waals surface area contributed by atoms with Crippen LogP contribution in [0.25, 0.3) is 6.08 Å². The molecule has 1 amide bonds. The Kier molecular flexibility index (Phi) is 8.68. The molecule has 6 nitrogen and oxygen atoms in total. The number of esters is 1. The Hall–Kier alpha value is -2.50. The van der Waals surface area contributed by atoms with E-state index in [0.717, 1.165) is 5.56 Å². The molecule has 0 aromatic heterocycles. The lowest BCUT2D eigenvalue weighted by molar-refractivity contribution is -0.150. The van der Waals surface area contributed by atoms with Crippen LogP contribution in [0.5, 0.6) is 11.5 Å². The summed E-state index contributed by atoms with van der Waals surface area (Å²) in [5.74, 6) is 0.447. The van der Waals surface area contributed by atoms with Crippen molar-refractivity contribution in [2.24, 2.45) is 0 Å². The maximum Gasteiger partial charge on any atom is 0.331 e. The Labute approximate surface area is 155 Å². The minimum absolute atomic E-state index is 0.0491. The summed E-state index contributed by atoms with van der Waals surface area (Å²) in [6.07, 6.45) is 2.89. The van der Waals surface area contributed by atoms with Gasteiger partial charge in [-0.15, -0.1) is 0 Å². The van der Waals surface area contributed by atoms with Gasteiger partial charge < -0.3 is 19.1 Å². The van der Waals surface area contributed by atoms with Crippen LogP contribution in [0.3, 0.4) is 0 Å². The zero-order valence-electron chi connectivity index (χ0n) is 16.4. The zero-order chi connectivity index (χ0) is 19.7. The van der Waals surface area contributed by atoms with Crippen molar-refractivity contribution in [3.05, 3.63) is 29.8 Å². The second kappa shape index (κ2) is 10.5. The van der Waals surface area contributed by atoms with Gasteiger partial charge in [-0.25, -0.2) is 4.79 Å². The minimum Gasteiger partial charge on any atom is -0.493 e. The Bertz CT molecular complexity index is 629. The first-order valence-corrected chi connectivity index (χ1v) is 8.77. The highest BCUT2D eigenvalue weighted by molar-refractivity contribution is 5.89. The van der Waals surface area contributed by atoms with Crippen LogP contribution < -0.4 is 9.47 Å². The van der Waals surface area contributed by atoms with Crippen molar-refractivity contribution >= 4 is 18.0 Å². The van der Waals surface area contributed by atoms with E-state index in [1.165, 1.54) is 6.08 Å². The van der Waals surface area contributed by atoms with E-state index in [9.17, 15) is 9.59 Å². The summed E-state index contributed by atoms with van der Waals surface area (Å²) in [5, 5.41) is 0. The summed E-state index contributed by atoms with van der Waals surface area (Å²) in [6.45, 7) is 9.88. The molecule has 1 rings (SSSR count). The second-order valence-electron chi connectivity index (χ2n) is 6.27. The van der Waals surface area contributed by atoms with Crippen LogP contribution in [0.1, 0.15) is 40.2 Å². The number of methoxy groups -OCH3 is 1. The predicted octanol–water partition coefficient (Wildman–Crippen LogP) is 3.30. The largest absolute Gasteiger partial charge is 0.493 e. The summed E-state index contributed by atoms with van der Waals surface area (Å²) in [6, 6.07) is 5.45. The fraction of sp³-hybridized carbons (Fsp3) is 0.500. The molecule has 6 heteroatoms. The molecule has 26 heavy (non-hydrogen) atoms. The van der Waals surface area contributed by atoms with Crippen LogP contribution >= 0.6 is 0 Å². The van der Waals surface area contributed by atoms with Crippen molar-refractivity contribution in [2.45, 2.75) is 46.7 Å². The van der Waals surface area contributed by atoms with Crippen molar-refractivity contribution in [3.63, 3.8) is 0 Å². The van der Waals surface area contributed by atoms with Crippen LogP contribution in [-0.4, -0.2) is 49.2 Å². The smallest absolute Gasteiger partial charge is 0.331 e. The summed E-state index contributed by atoms with van der Waals surface area (Å²) in [5.41, 5.74) is 0.763. The van der Waals surface area contributed by atoms with E-state index in [1.54, 1.807) is 30.2 Å². The lowest BCUT2D eigenvalue weighted by atomic mass is 10.2. The predicted molar refractivity (Wildman–Crippen MR) is 101 cm³/mol. The Morgan fingerprint density at radius 1 is 1.12 bits per heavy atom. The molecule has 0 aliphatic carbocycles. The van der Waals surface area contributed by atoms with Gasteiger partial charge in [0.1, 0.15) is 0 Å². The van der Waals surface area contributed by atoms with Gasteiger partial charge in [-0.05, 0) is 58.4 Å². The van der Waals surface area contributed by atoms with Gasteiger partial charge in [0, 0.05) is 18.2 Å². The van der Waals surface area contributed by atoms with Crippen LogP contribution in [0.15, 0.2) is 24.3 Å². The number of hydrogen-bond donors (Lipinski definition) is 0. The molecule has 0 saturated heterocycles. The molecule has 0 N–H and O–H groups in total. The van der Waals surface area contributed by atoms with Gasteiger partial charge >= 0.3 is 5.97 Å². The molecule has 0 heterocycles. The first-order valence-electron chi connectivity index (χ1n) is 8.77. The molecule has 0 fully saturated rings. The zero-order valence-corrected chi connectivity index (χ0v) is 16.4. The molecule has 1 aromatic rings. The number of ether oxygens (including phenoxy) is 3. The minimum atomic E-state index is -0.571. The van der Waals surface area contributed by atoms with Crippen LogP contribution in [0.4, 0.5) is 0 Å². The molecule has 0 radical (unpaired) electrons. The molecule has 0 spiro atoms. The fourth-order valence-electron chi connectivity index (χ4n) is 2.65. The highest BCUT2D eigenvalue weighted by atomic mass is 16.5.